The summed E-state index contributed by atoms with van der Waals surface area (Å²) in [5.74, 6) is 0.455. The monoisotopic (exact) mass is 277 g/mol. The summed E-state index contributed by atoms with van der Waals surface area (Å²) in [5, 5.41) is 0. The topological polar surface area (TPSA) is 52.3 Å². The maximum atomic E-state index is 11.0. The smallest absolute Gasteiger partial charge is 0.305 e. The summed E-state index contributed by atoms with van der Waals surface area (Å²) in [6, 6.07) is 8.67. The zero-order valence-electron chi connectivity index (χ0n) is 12.9. The Labute approximate surface area is 122 Å². The van der Waals surface area contributed by atoms with Gasteiger partial charge in [0, 0.05) is 12.5 Å². The summed E-state index contributed by atoms with van der Waals surface area (Å²) in [6.45, 7) is 4.44. The Morgan fingerprint density at radius 1 is 1.20 bits per heavy atom. The molecule has 112 valence electrons. The molecular formula is C17H27NO2. The summed E-state index contributed by atoms with van der Waals surface area (Å²) in [4.78, 5) is 11.0. The van der Waals surface area contributed by atoms with Gasteiger partial charge in [-0.15, -0.1) is 0 Å². The van der Waals surface area contributed by atoms with Gasteiger partial charge in [0.2, 0.25) is 0 Å². The molecule has 0 radical (unpaired) electrons. The standard InChI is InChI=1S/C17H27NO2/c1-4-13(2)14-9-11-15(12-10-14)16(18)7-5-6-8-17(19)20-3/h9-13,16H,4-8,18H2,1-3H3. The number of esters is 1. The summed E-state index contributed by atoms with van der Waals surface area (Å²) >= 11 is 0. The van der Waals surface area contributed by atoms with E-state index in [4.69, 9.17) is 5.73 Å². The van der Waals surface area contributed by atoms with Gasteiger partial charge in [0.25, 0.3) is 0 Å². The van der Waals surface area contributed by atoms with Crippen LogP contribution in [0.15, 0.2) is 24.3 Å². The van der Waals surface area contributed by atoms with E-state index >= 15 is 0 Å². The summed E-state index contributed by atoms with van der Waals surface area (Å²) in [7, 11) is 1.42. The van der Waals surface area contributed by atoms with Crippen LogP contribution in [0.25, 0.3) is 0 Å². The molecule has 0 amide bonds. The molecule has 20 heavy (non-hydrogen) atoms. The van der Waals surface area contributed by atoms with Crippen LogP contribution >= 0.6 is 0 Å². The van der Waals surface area contributed by atoms with Crippen molar-refractivity contribution in [3.8, 4) is 0 Å². The van der Waals surface area contributed by atoms with E-state index in [0.29, 0.717) is 12.3 Å². The van der Waals surface area contributed by atoms with Crippen molar-refractivity contribution in [1.29, 1.82) is 0 Å². The number of hydrogen-bond acceptors (Lipinski definition) is 3. The highest BCUT2D eigenvalue weighted by Crippen LogP contribution is 2.22. The highest BCUT2D eigenvalue weighted by molar-refractivity contribution is 5.68. The van der Waals surface area contributed by atoms with E-state index in [9.17, 15) is 4.79 Å². The highest BCUT2D eigenvalue weighted by Gasteiger charge is 2.08. The number of hydrogen-bond donors (Lipinski definition) is 1. The molecule has 0 heterocycles. The van der Waals surface area contributed by atoms with Gasteiger partial charge < -0.3 is 10.5 Å². The highest BCUT2D eigenvalue weighted by atomic mass is 16.5. The minimum Gasteiger partial charge on any atom is -0.469 e. The second-order valence-electron chi connectivity index (χ2n) is 5.40. The molecule has 2 unspecified atom stereocenters. The van der Waals surface area contributed by atoms with E-state index < -0.39 is 0 Å². The first-order valence-corrected chi connectivity index (χ1v) is 7.50. The lowest BCUT2D eigenvalue weighted by Crippen LogP contribution is -2.10. The molecule has 0 saturated carbocycles. The summed E-state index contributed by atoms with van der Waals surface area (Å²) in [6.07, 6.45) is 4.32. The van der Waals surface area contributed by atoms with Gasteiger partial charge in [-0.25, -0.2) is 0 Å². The number of carbonyl (C=O) groups is 1. The first-order chi connectivity index (χ1) is 9.58. The fourth-order valence-corrected chi connectivity index (χ4v) is 2.21. The molecule has 1 aromatic carbocycles. The zero-order valence-corrected chi connectivity index (χ0v) is 12.9. The second kappa shape index (κ2) is 8.75. The molecule has 2 atom stereocenters. The first-order valence-electron chi connectivity index (χ1n) is 7.50. The summed E-state index contributed by atoms with van der Waals surface area (Å²) < 4.78 is 4.62. The number of nitrogens with two attached hydrogens (primary N) is 1. The molecule has 0 aromatic heterocycles. The lowest BCUT2D eigenvalue weighted by molar-refractivity contribution is -0.140. The van der Waals surface area contributed by atoms with E-state index in [1.807, 2.05) is 0 Å². The Kier molecular flexibility index (Phi) is 7.31. The summed E-state index contributed by atoms with van der Waals surface area (Å²) in [5.41, 5.74) is 8.73. The molecule has 0 saturated heterocycles. The van der Waals surface area contributed by atoms with Crippen molar-refractivity contribution in [1.82, 2.24) is 0 Å². The predicted octanol–water partition coefficient (Wildman–Crippen LogP) is 3.93. The van der Waals surface area contributed by atoms with Crippen LogP contribution < -0.4 is 5.73 Å². The second-order valence-corrected chi connectivity index (χ2v) is 5.40. The van der Waals surface area contributed by atoms with Gasteiger partial charge in [0.1, 0.15) is 0 Å². The maximum absolute atomic E-state index is 11.0. The van der Waals surface area contributed by atoms with Crippen molar-refractivity contribution in [2.24, 2.45) is 5.73 Å². The number of benzene rings is 1. The predicted molar refractivity (Wildman–Crippen MR) is 82.6 cm³/mol. The van der Waals surface area contributed by atoms with Crippen LogP contribution in [0, 0.1) is 0 Å². The third-order valence-electron chi connectivity index (χ3n) is 3.92. The first kappa shape index (κ1) is 16.7. The molecule has 0 aliphatic rings. The zero-order chi connectivity index (χ0) is 15.0. The third kappa shape index (κ3) is 5.33. The van der Waals surface area contributed by atoms with Crippen molar-refractivity contribution >= 4 is 5.97 Å². The number of ether oxygens (including phenoxy) is 1. The average Bonchev–Trinajstić information content (AvgIpc) is 2.50. The van der Waals surface area contributed by atoms with Gasteiger partial charge in [-0.2, -0.15) is 0 Å². The molecule has 1 aromatic rings. The van der Waals surface area contributed by atoms with Crippen LogP contribution in [0.3, 0.4) is 0 Å². The van der Waals surface area contributed by atoms with Crippen molar-refractivity contribution in [2.45, 2.75) is 57.9 Å². The average molecular weight is 277 g/mol. The third-order valence-corrected chi connectivity index (χ3v) is 3.92. The Morgan fingerprint density at radius 2 is 1.80 bits per heavy atom. The van der Waals surface area contributed by atoms with Crippen molar-refractivity contribution in [3.63, 3.8) is 0 Å². The van der Waals surface area contributed by atoms with Gasteiger partial charge >= 0.3 is 5.97 Å². The Morgan fingerprint density at radius 3 is 2.35 bits per heavy atom. The fraction of sp³-hybridized carbons (Fsp3) is 0.588. The molecule has 0 bridgehead atoms. The maximum Gasteiger partial charge on any atom is 0.305 e. The molecule has 2 N–H and O–H groups in total. The molecule has 0 aliphatic heterocycles. The Hall–Kier alpha value is -1.35. The SMILES string of the molecule is CCC(C)c1ccc(C(N)CCCCC(=O)OC)cc1. The largest absolute Gasteiger partial charge is 0.469 e. The minimum absolute atomic E-state index is 0.0543. The molecule has 3 heteroatoms. The van der Waals surface area contributed by atoms with Crippen LogP contribution in [0.1, 0.15) is 69.0 Å². The van der Waals surface area contributed by atoms with Crippen LogP contribution in [0.2, 0.25) is 0 Å². The Bertz CT molecular complexity index is 400. The fourth-order valence-electron chi connectivity index (χ4n) is 2.21. The molecule has 3 nitrogen and oxygen atoms in total. The van der Waals surface area contributed by atoms with Gasteiger partial charge in [0.15, 0.2) is 0 Å². The van der Waals surface area contributed by atoms with Crippen molar-refractivity contribution < 1.29 is 9.53 Å². The lowest BCUT2D eigenvalue weighted by Gasteiger charge is -2.14. The van der Waals surface area contributed by atoms with Gasteiger partial charge in [-0.3, -0.25) is 4.79 Å². The number of carbonyl (C=O) groups excluding carboxylic acids is 1. The van der Waals surface area contributed by atoms with Gasteiger partial charge in [-0.05, 0) is 36.3 Å². The van der Waals surface area contributed by atoms with Gasteiger partial charge in [-0.1, -0.05) is 44.5 Å². The molecule has 0 spiro atoms. The number of unbranched alkanes of at least 4 members (excludes halogenated alkanes) is 1. The normalized spacial score (nSPS) is 13.8. The van der Waals surface area contributed by atoms with Crippen LogP contribution in [-0.2, 0) is 9.53 Å². The molecule has 0 fully saturated rings. The van der Waals surface area contributed by atoms with Crippen LogP contribution in [0.4, 0.5) is 0 Å². The van der Waals surface area contributed by atoms with Gasteiger partial charge in [0.05, 0.1) is 7.11 Å². The van der Waals surface area contributed by atoms with Crippen LogP contribution in [-0.4, -0.2) is 13.1 Å². The van der Waals surface area contributed by atoms with E-state index in [2.05, 4.69) is 42.8 Å². The molecular weight excluding hydrogens is 250 g/mol. The number of rotatable bonds is 8. The van der Waals surface area contributed by atoms with E-state index in [0.717, 1.165) is 25.7 Å². The van der Waals surface area contributed by atoms with E-state index in [-0.39, 0.29) is 12.0 Å². The van der Waals surface area contributed by atoms with Crippen molar-refractivity contribution in [3.05, 3.63) is 35.4 Å². The quantitative estimate of drug-likeness (QED) is 0.578. The molecule has 1 rings (SSSR count). The van der Waals surface area contributed by atoms with E-state index in [1.165, 1.54) is 18.2 Å². The minimum atomic E-state index is -0.142. The van der Waals surface area contributed by atoms with Crippen molar-refractivity contribution in [2.75, 3.05) is 7.11 Å². The molecule has 0 aliphatic carbocycles. The lowest BCUT2D eigenvalue weighted by atomic mass is 9.95. The Balaban J connectivity index is 2.39. The number of methoxy groups -OCH3 is 1. The van der Waals surface area contributed by atoms with Crippen LogP contribution in [0.5, 0.6) is 0 Å². The van der Waals surface area contributed by atoms with E-state index in [1.54, 1.807) is 0 Å².